The monoisotopic (exact) mass is 609 g/mol. The van der Waals surface area contributed by atoms with Gasteiger partial charge < -0.3 is 31.4 Å². The maximum absolute atomic E-state index is 11.5. The summed E-state index contributed by atoms with van der Waals surface area (Å²) in [5.41, 5.74) is 2.27. The van der Waals surface area contributed by atoms with E-state index in [9.17, 15) is 19.2 Å². The van der Waals surface area contributed by atoms with Gasteiger partial charge in [0.25, 0.3) is 0 Å². The zero-order valence-corrected chi connectivity index (χ0v) is 29.0. The molecule has 0 fully saturated rings. The smallest absolute Gasteiger partial charge is 0.239 e. The number of rotatable bonds is 11. The van der Waals surface area contributed by atoms with Gasteiger partial charge >= 0.3 is 0 Å². The lowest BCUT2D eigenvalue weighted by Gasteiger charge is -2.13. The van der Waals surface area contributed by atoms with Gasteiger partial charge in [-0.05, 0) is 52.7 Å². The Labute approximate surface area is 261 Å². The van der Waals surface area contributed by atoms with Gasteiger partial charge in [0, 0.05) is 42.1 Å². The molecule has 2 unspecified atom stereocenters. The second kappa shape index (κ2) is 40.5. The molecule has 10 nitrogen and oxygen atoms in total. The van der Waals surface area contributed by atoms with E-state index in [2.05, 4.69) is 32.3 Å². The number of hydrogen-bond acceptors (Lipinski definition) is 5. The minimum absolute atomic E-state index is 0.00569. The molecule has 0 aliphatic carbocycles. The van der Waals surface area contributed by atoms with Crippen LogP contribution in [-0.2, 0) is 25.6 Å². The van der Waals surface area contributed by atoms with Crippen molar-refractivity contribution < 1.29 is 24.3 Å². The number of aliphatic hydroxyl groups is 1. The highest BCUT2D eigenvalue weighted by atomic mass is 16.3. The molecule has 0 bridgehead atoms. The Bertz CT molecular complexity index is 912. The molecule has 10 heteroatoms. The summed E-state index contributed by atoms with van der Waals surface area (Å²) in [7, 11) is 0. The maximum atomic E-state index is 11.5. The molecular formula is C33H63N5O5. The molecule has 1 aromatic carbocycles. The first-order valence-corrected chi connectivity index (χ1v) is 15.4. The zero-order chi connectivity index (χ0) is 34.5. The largest absolute Gasteiger partial charge is 0.394 e. The fraction of sp³-hybridized carbons (Fsp3) is 0.576. The van der Waals surface area contributed by atoms with Crippen LogP contribution < -0.4 is 21.3 Å². The molecule has 0 aliphatic heterocycles. The summed E-state index contributed by atoms with van der Waals surface area (Å²) >= 11 is 0. The van der Waals surface area contributed by atoms with Crippen molar-refractivity contribution in [3.8, 4) is 0 Å². The molecule has 2 atom stereocenters. The number of aromatic amines is 1. The Morgan fingerprint density at radius 1 is 0.837 bits per heavy atom. The molecule has 0 spiro atoms. The van der Waals surface area contributed by atoms with E-state index in [1.165, 1.54) is 10.9 Å². The van der Waals surface area contributed by atoms with E-state index < -0.39 is 0 Å². The van der Waals surface area contributed by atoms with Crippen molar-refractivity contribution >= 4 is 35.5 Å². The average molecular weight is 610 g/mol. The van der Waals surface area contributed by atoms with E-state index in [1.807, 2.05) is 106 Å². The summed E-state index contributed by atoms with van der Waals surface area (Å²) in [5, 5.41) is 19.8. The van der Waals surface area contributed by atoms with Crippen molar-refractivity contribution in [3.05, 3.63) is 48.2 Å². The molecule has 1 heterocycles. The predicted octanol–water partition coefficient (Wildman–Crippen LogP) is 5.27. The van der Waals surface area contributed by atoms with Crippen molar-refractivity contribution in [2.45, 2.75) is 108 Å². The van der Waals surface area contributed by atoms with Crippen LogP contribution in [-0.4, -0.2) is 66.5 Å². The van der Waals surface area contributed by atoms with Crippen LogP contribution in [0.5, 0.6) is 0 Å². The van der Waals surface area contributed by atoms with Crippen molar-refractivity contribution in [3.63, 3.8) is 0 Å². The lowest BCUT2D eigenvalue weighted by atomic mass is 10.1. The Morgan fingerprint density at radius 2 is 1.35 bits per heavy atom. The summed E-state index contributed by atoms with van der Waals surface area (Å²) in [6, 6.07) is 7.97. The predicted molar refractivity (Wildman–Crippen MR) is 183 cm³/mol. The highest BCUT2D eigenvalue weighted by molar-refractivity contribution is 5.83. The van der Waals surface area contributed by atoms with E-state index in [0.29, 0.717) is 19.2 Å². The minimum atomic E-state index is -0.181. The van der Waals surface area contributed by atoms with Crippen LogP contribution in [0.2, 0.25) is 0 Å². The Morgan fingerprint density at radius 3 is 1.77 bits per heavy atom. The van der Waals surface area contributed by atoms with Crippen LogP contribution in [0.4, 0.5) is 0 Å². The molecule has 4 amide bonds. The van der Waals surface area contributed by atoms with Crippen LogP contribution in [0.15, 0.2) is 42.6 Å². The van der Waals surface area contributed by atoms with Gasteiger partial charge in [-0.2, -0.15) is 0 Å². The highest BCUT2D eigenvalue weighted by Crippen LogP contribution is 2.18. The van der Waals surface area contributed by atoms with Gasteiger partial charge in [-0.25, -0.2) is 0 Å². The van der Waals surface area contributed by atoms with Crippen LogP contribution in [0.3, 0.4) is 0 Å². The SMILES string of the molecule is C/C=C\C.CC.CC.CC.CC(Cc1c[nH]c2ccccc12)NC(=O)CNC=O.CCC(=O)NC(C)CO.CCNC=O. The molecule has 1 aromatic heterocycles. The average Bonchev–Trinajstić information content (AvgIpc) is 3.46. The van der Waals surface area contributed by atoms with Gasteiger partial charge in [0.2, 0.25) is 24.6 Å². The summed E-state index contributed by atoms with van der Waals surface area (Å²) in [6.07, 6.45) is 8.39. The normalized spacial score (nSPS) is 10.1. The van der Waals surface area contributed by atoms with Crippen molar-refractivity contribution in [1.29, 1.82) is 0 Å². The number of hydrogen-bond donors (Lipinski definition) is 6. The molecule has 2 rings (SSSR count). The topological polar surface area (TPSA) is 152 Å². The standard InChI is InChI=1S/C14H17N3O2.C6H13NO2.C4H8.C3H7NO.3C2H6/c1-10(17-14(19)8-15-9-18)6-11-7-16-13-5-3-2-4-12(11)13;1-3-6(9)7-5(2)4-8;1-3-4-2;1-2-4-3-5;3*1-2/h2-5,7,9-10,16H,6,8H2,1H3,(H,15,18)(H,17,19);5,8H,3-4H2,1-2H3,(H,7,9);3-4H,1-2H3;3H,2H2,1H3,(H,4,5);3*1-2H3/b;;4-3-;;;;. The fourth-order valence-corrected chi connectivity index (χ4v) is 2.65. The molecule has 0 saturated heterocycles. The first kappa shape index (κ1) is 49.0. The van der Waals surface area contributed by atoms with Gasteiger partial charge in [-0.3, -0.25) is 19.2 Å². The van der Waals surface area contributed by atoms with Gasteiger partial charge in [0.1, 0.15) is 0 Å². The second-order valence-corrected chi connectivity index (χ2v) is 7.88. The van der Waals surface area contributed by atoms with Gasteiger partial charge in [0.05, 0.1) is 13.2 Å². The number of H-pyrrole nitrogens is 1. The lowest BCUT2D eigenvalue weighted by molar-refractivity contribution is -0.122. The second-order valence-electron chi connectivity index (χ2n) is 7.88. The Hall–Kier alpha value is -3.66. The number of aliphatic hydroxyl groups excluding tert-OH is 1. The molecule has 43 heavy (non-hydrogen) atoms. The molecule has 0 aliphatic rings. The zero-order valence-electron chi connectivity index (χ0n) is 29.0. The van der Waals surface area contributed by atoms with Crippen molar-refractivity contribution in [2.75, 3.05) is 19.7 Å². The van der Waals surface area contributed by atoms with E-state index in [1.54, 1.807) is 13.8 Å². The number of allylic oxidation sites excluding steroid dienone is 2. The molecule has 2 aromatic rings. The third-order valence-electron chi connectivity index (χ3n) is 4.58. The van der Waals surface area contributed by atoms with E-state index in [0.717, 1.165) is 18.5 Å². The van der Waals surface area contributed by atoms with Crippen LogP contribution >= 0.6 is 0 Å². The minimum Gasteiger partial charge on any atom is -0.394 e. The summed E-state index contributed by atoms with van der Waals surface area (Å²) in [6.45, 7) is 24.1. The fourth-order valence-electron chi connectivity index (χ4n) is 2.65. The van der Waals surface area contributed by atoms with E-state index in [4.69, 9.17) is 5.11 Å². The van der Waals surface area contributed by atoms with Crippen LogP contribution in [0.1, 0.15) is 95.1 Å². The number of fused-ring (bicyclic) bond motifs is 1. The van der Waals surface area contributed by atoms with Gasteiger partial charge in [-0.1, -0.05) is 78.8 Å². The molecule has 250 valence electrons. The first-order chi connectivity index (χ1) is 20.7. The van der Waals surface area contributed by atoms with Crippen molar-refractivity contribution in [1.82, 2.24) is 26.3 Å². The molecule has 6 N–H and O–H groups in total. The van der Waals surface area contributed by atoms with E-state index in [-0.39, 0.29) is 37.0 Å². The van der Waals surface area contributed by atoms with Crippen molar-refractivity contribution in [2.24, 2.45) is 0 Å². The summed E-state index contributed by atoms with van der Waals surface area (Å²) in [5.74, 6) is -0.198. The van der Waals surface area contributed by atoms with Gasteiger partial charge in [0.15, 0.2) is 0 Å². The number of nitrogens with one attached hydrogen (secondary N) is 5. The number of carbonyl (C=O) groups is 4. The van der Waals surface area contributed by atoms with Gasteiger partial charge in [-0.15, -0.1) is 0 Å². The quantitative estimate of drug-likeness (QED) is 0.151. The number of aromatic nitrogens is 1. The molecular weight excluding hydrogens is 546 g/mol. The third-order valence-corrected chi connectivity index (χ3v) is 4.58. The maximum Gasteiger partial charge on any atom is 0.239 e. The van der Waals surface area contributed by atoms with E-state index >= 15 is 0 Å². The Kier molecular flexibility index (Phi) is 46.2. The first-order valence-electron chi connectivity index (χ1n) is 15.4. The third kappa shape index (κ3) is 32.7. The number of para-hydroxylation sites is 1. The van der Waals surface area contributed by atoms with Crippen LogP contribution in [0.25, 0.3) is 10.9 Å². The van der Waals surface area contributed by atoms with Crippen LogP contribution in [0, 0.1) is 0 Å². The lowest BCUT2D eigenvalue weighted by Crippen LogP contribution is -2.39. The number of amides is 4. The summed E-state index contributed by atoms with van der Waals surface area (Å²) in [4.78, 5) is 44.6. The number of benzene rings is 1. The Balaban J connectivity index is -0.000000168. The molecule has 0 radical (unpaired) electrons. The highest BCUT2D eigenvalue weighted by Gasteiger charge is 2.10. The number of carbonyl (C=O) groups excluding carboxylic acids is 4. The summed E-state index contributed by atoms with van der Waals surface area (Å²) < 4.78 is 0. The molecule has 0 saturated carbocycles.